The molecule has 1 aliphatic heterocycles. The number of morpholine rings is 1. The number of pyridine rings is 1. The van der Waals surface area contributed by atoms with Gasteiger partial charge in [0.15, 0.2) is 0 Å². The molecule has 0 atom stereocenters. The maximum absolute atomic E-state index is 12.3. The maximum Gasteiger partial charge on any atom is 0.251 e. The quantitative estimate of drug-likeness (QED) is 0.873. The number of benzene rings is 1. The molecule has 4 heteroatoms. The van der Waals surface area contributed by atoms with Crippen LogP contribution in [0.15, 0.2) is 23.0 Å². The monoisotopic (exact) mass is 284 g/mol. The van der Waals surface area contributed by atoms with Gasteiger partial charge >= 0.3 is 0 Å². The molecule has 110 valence electrons. The van der Waals surface area contributed by atoms with Gasteiger partial charge in [0.2, 0.25) is 0 Å². The number of aromatic amines is 1. The Morgan fingerprint density at radius 3 is 2.62 bits per heavy atom. The van der Waals surface area contributed by atoms with Crippen LogP contribution in [0.3, 0.4) is 0 Å². The Bertz CT molecular complexity index is 729. The van der Waals surface area contributed by atoms with Crippen LogP contribution in [0.1, 0.15) is 24.0 Å². The van der Waals surface area contributed by atoms with E-state index in [1.165, 1.54) is 23.1 Å². The fourth-order valence-electron chi connectivity index (χ4n) is 3.57. The number of nitrogens with zero attached hydrogens (tertiary/aromatic N) is 1. The molecule has 1 aromatic heterocycles. The third-order valence-electron chi connectivity index (χ3n) is 4.69. The third-order valence-corrected chi connectivity index (χ3v) is 4.69. The van der Waals surface area contributed by atoms with Gasteiger partial charge in [-0.15, -0.1) is 0 Å². The van der Waals surface area contributed by atoms with Crippen molar-refractivity contribution < 1.29 is 4.74 Å². The Hall–Kier alpha value is -1.81. The first-order valence-electron chi connectivity index (χ1n) is 7.83. The molecule has 1 aliphatic carbocycles. The summed E-state index contributed by atoms with van der Waals surface area (Å²) in [6, 6.07) is 6.48. The second-order valence-electron chi connectivity index (χ2n) is 5.95. The predicted octanol–water partition coefficient (Wildman–Crippen LogP) is 2.24. The highest BCUT2D eigenvalue weighted by Crippen LogP contribution is 2.28. The van der Waals surface area contributed by atoms with E-state index in [1.807, 2.05) is 0 Å². The predicted molar refractivity (Wildman–Crippen MR) is 84.2 cm³/mol. The van der Waals surface area contributed by atoms with Crippen molar-refractivity contribution in [1.29, 1.82) is 0 Å². The summed E-state index contributed by atoms with van der Waals surface area (Å²) in [5, 5.41) is 1.22. The lowest BCUT2D eigenvalue weighted by atomic mass is 9.90. The number of aromatic nitrogens is 1. The van der Waals surface area contributed by atoms with Crippen LogP contribution >= 0.6 is 0 Å². The number of ether oxygens (including phenoxy) is 1. The average molecular weight is 284 g/mol. The first-order valence-corrected chi connectivity index (χ1v) is 7.83. The minimum absolute atomic E-state index is 0.108. The van der Waals surface area contributed by atoms with Crippen molar-refractivity contribution >= 4 is 16.6 Å². The van der Waals surface area contributed by atoms with E-state index in [-0.39, 0.29) is 5.56 Å². The standard InChI is InChI=1S/C17H20N2O2/c20-17-15-4-2-1-3-13(15)14-6-5-12(11-16(14)18-17)19-7-9-21-10-8-19/h5-6,11H,1-4,7-10H2,(H,18,20). The van der Waals surface area contributed by atoms with E-state index in [0.29, 0.717) is 0 Å². The number of nitrogens with one attached hydrogen (secondary N) is 1. The van der Waals surface area contributed by atoms with Crippen LogP contribution in [0.4, 0.5) is 5.69 Å². The molecule has 2 heterocycles. The largest absolute Gasteiger partial charge is 0.378 e. The number of aryl methyl sites for hydroxylation is 1. The SMILES string of the molecule is O=c1[nH]c2cc(N3CCOCC3)ccc2c2c1CCCC2. The van der Waals surface area contributed by atoms with E-state index in [4.69, 9.17) is 4.74 Å². The maximum atomic E-state index is 12.3. The van der Waals surface area contributed by atoms with Crippen LogP contribution in [0.25, 0.3) is 10.9 Å². The summed E-state index contributed by atoms with van der Waals surface area (Å²) in [6.07, 6.45) is 4.28. The summed E-state index contributed by atoms with van der Waals surface area (Å²) in [4.78, 5) is 17.7. The summed E-state index contributed by atoms with van der Waals surface area (Å²) in [5.41, 5.74) is 4.54. The molecule has 21 heavy (non-hydrogen) atoms. The summed E-state index contributed by atoms with van der Waals surface area (Å²) >= 11 is 0. The molecule has 0 bridgehead atoms. The van der Waals surface area contributed by atoms with E-state index in [9.17, 15) is 4.79 Å². The van der Waals surface area contributed by atoms with Gasteiger partial charge in [-0.1, -0.05) is 6.07 Å². The molecule has 0 spiro atoms. The van der Waals surface area contributed by atoms with Crippen LogP contribution in [-0.4, -0.2) is 31.3 Å². The second-order valence-corrected chi connectivity index (χ2v) is 5.95. The van der Waals surface area contributed by atoms with E-state index >= 15 is 0 Å². The lowest BCUT2D eigenvalue weighted by Gasteiger charge is -2.29. The van der Waals surface area contributed by atoms with Gasteiger partial charge in [-0.25, -0.2) is 0 Å². The average Bonchev–Trinajstić information content (AvgIpc) is 2.55. The number of rotatable bonds is 1. The molecular weight excluding hydrogens is 264 g/mol. The molecule has 0 unspecified atom stereocenters. The van der Waals surface area contributed by atoms with Crippen molar-refractivity contribution in [2.75, 3.05) is 31.2 Å². The topological polar surface area (TPSA) is 45.3 Å². The summed E-state index contributed by atoms with van der Waals surface area (Å²) in [6.45, 7) is 3.39. The summed E-state index contributed by atoms with van der Waals surface area (Å²) in [5.74, 6) is 0. The van der Waals surface area contributed by atoms with Gasteiger partial charge in [-0.05, 0) is 43.4 Å². The minimum atomic E-state index is 0.108. The van der Waals surface area contributed by atoms with E-state index in [2.05, 4.69) is 28.1 Å². The van der Waals surface area contributed by atoms with Gasteiger partial charge in [0.25, 0.3) is 5.56 Å². The van der Waals surface area contributed by atoms with E-state index in [1.54, 1.807) is 0 Å². The molecule has 1 saturated heterocycles. The van der Waals surface area contributed by atoms with Crippen LogP contribution in [0.5, 0.6) is 0 Å². The summed E-state index contributed by atoms with van der Waals surface area (Å²) < 4.78 is 5.40. The fourth-order valence-corrected chi connectivity index (χ4v) is 3.57. The third kappa shape index (κ3) is 2.23. The van der Waals surface area contributed by atoms with Crippen molar-refractivity contribution in [3.8, 4) is 0 Å². The van der Waals surface area contributed by atoms with Crippen molar-refractivity contribution in [2.24, 2.45) is 0 Å². The lowest BCUT2D eigenvalue weighted by Crippen LogP contribution is -2.36. The molecular formula is C17H20N2O2. The molecule has 1 aromatic carbocycles. The van der Waals surface area contributed by atoms with Crippen LogP contribution in [-0.2, 0) is 17.6 Å². The molecule has 1 N–H and O–H groups in total. The second kappa shape index (κ2) is 5.19. The molecule has 0 amide bonds. The Kier molecular flexibility index (Phi) is 3.19. The highest BCUT2D eigenvalue weighted by atomic mass is 16.5. The zero-order chi connectivity index (χ0) is 14.2. The number of anilines is 1. The van der Waals surface area contributed by atoms with Crippen molar-refractivity contribution in [3.05, 3.63) is 39.7 Å². The lowest BCUT2D eigenvalue weighted by molar-refractivity contribution is 0.122. The smallest absolute Gasteiger partial charge is 0.251 e. The molecule has 1 fully saturated rings. The molecule has 4 nitrogen and oxygen atoms in total. The number of hydrogen-bond donors (Lipinski definition) is 1. The van der Waals surface area contributed by atoms with Gasteiger partial charge in [-0.3, -0.25) is 4.79 Å². The van der Waals surface area contributed by atoms with Gasteiger partial charge < -0.3 is 14.6 Å². The Labute approximate surface area is 123 Å². The fraction of sp³-hybridized carbons (Fsp3) is 0.471. The molecule has 4 rings (SSSR count). The van der Waals surface area contributed by atoms with Crippen LogP contribution in [0.2, 0.25) is 0 Å². The first kappa shape index (κ1) is 12.9. The molecule has 2 aliphatic rings. The highest BCUT2D eigenvalue weighted by molar-refractivity contribution is 5.86. The van der Waals surface area contributed by atoms with E-state index < -0.39 is 0 Å². The minimum Gasteiger partial charge on any atom is -0.378 e. The van der Waals surface area contributed by atoms with Crippen LogP contribution < -0.4 is 10.5 Å². The van der Waals surface area contributed by atoms with Gasteiger partial charge in [0.05, 0.1) is 18.7 Å². The van der Waals surface area contributed by atoms with Crippen molar-refractivity contribution in [3.63, 3.8) is 0 Å². The number of fused-ring (bicyclic) bond motifs is 3. The first-order chi connectivity index (χ1) is 10.3. The summed E-state index contributed by atoms with van der Waals surface area (Å²) in [7, 11) is 0. The van der Waals surface area contributed by atoms with Crippen LogP contribution in [0, 0.1) is 0 Å². The number of H-pyrrole nitrogens is 1. The van der Waals surface area contributed by atoms with Crippen molar-refractivity contribution in [2.45, 2.75) is 25.7 Å². The van der Waals surface area contributed by atoms with Gasteiger partial charge in [0.1, 0.15) is 0 Å². The Morgan fingerprint density at radius 1 is 1.05 bits per heavy atom. The van der Waals surface area contributed by atoms with E-state index in [0.717, 1.165) is 56.6 Å². The zero-order valence-corrected chi connectivity index (χ0v) is 12.2. The van der Waals surface area contributed by atoms with Crippen molar-refractivity contribution in [1.82, 2.24) is 4.98 Å². The highest BCUT2D eigenvalue weighted by Gasteiger charge is 2.17. The van der Waals surface area contributed by atoms with Gasteiger partial charge in [0, 0.05) is 29.7 Å². The van der Waals surface area contributed by atoms with Gasteiger partial charge in [-0.2, -0.15) is 0 Å². The molecule has 0 saturated carbocycles. The molecule has 2 aromatic rings. The molecule has 0 radical (unpaired) electrons. The Balaban J connectivity index is 1.83. The number of hydrogen-bond acceptors (Lipinski definition) is 3. The zero-order valence-electron chi connectivity index (χ0n) is 12.2. The Morgan fingerprint density at radius 2 is 1.81 bits per heavy atom. The normalized spacial score (nSPS) is 18.8.